The predicted molar refractivity (Wildman–Crippen MR) is 168 cm³/mol. The second-order valence-electron chi connectivity index (χ2n) is 10.5. The van der Waals surface area contributed by atoms with Gasteiger partial charge in [-0.25, -0.2) is 19.4 Å². The number of hydrogen-bond donors (Lipinski definition) is 5. The van der Waals surface area contributed by atoms with Crippen molar-refractivity contribution in [2.45, 2.75) is 19.1 Å². The number of rotatable bonds is 14. The lowest BCUT2D eigenvalue weighted by Crippen LogP contribution is -2.50. The number of alkyl carbamates (subject to hydrolysis) is 1. The maximum Gasteiger partial charge on any atom is 0.408 e. The third-order valence-corrected chi connectivity index (χ3v) is 7.24. The Morgan fingerprint density at radius 3 is 2.41 bits per heavy atom. The Hall–Kier alpha value is -5.92. The van der Waals surface area contributed by atoms with Crippen LogP contribution in [0.25, 0.3) is 22.2 Å². The number of imidazole rings is 1. The highest BCUT2D eigenvalue weighted by atomic mass is 16.5. The van der Waals surface area contributed by atoms with E-state index in [0.29, 0.717) is 24.5 Å². The van der Waals surface area contributed by atoms with Crippen molar-refractivity contribution in [2.75, 3.05) is 38.0 Å². The molecule has 0 spiro atoms. The molecular weight excluding hydrogens is 594 g/mol. The van der Waals surface area contributed by atoms with E-state index in [0.717, 1.165) is 27.1 Å². The number of aromatic amines is 1. The number of nitrogens with one attached hydrogen (secondary N) is 4. The Labute approximate surface area is 263 Å². The van der Waals surface area contributed by atoms with Gasteiger partial charge in [-0.2, -0.15) is 0 Å². The molecule has 14 heteroatoms. The average molecular weight is 628 g/mol. The molecule has 46 heavy (non-hydrogen) atoms. The van der Waals surface area contributed by atoms with Crippen molar-refractivity contribution in [1.29, 1.82) is 0 Å². The fraction of sp³-hybridized carbons (Fsp3) is 0.250. The zero-order valence-electron chi connectivity index (χ0n) is 24.8. The molecular formula is C32H33N7O7. The maximum absolute atomic E-state index is 12.7. The van der Waals surface area contributed by atoms with Gasteiger partial charge in [0.15, 0.2) is 0 Å². The molecule has 2 heterocycles. The lowest BCUT2D eigenvalue weighted by Gasteiger charge is -2.18. The number of imide groups is 1. The fourth-order valence-electron chi connectivity index (χ4n) is 4.81. The van der Waals surface area contributed by atoms with E-state index in [9.17, 15) is 29.1 Å². The molecule has 0 aliphatic carbocycles. The van der Waals surface area contributed by atoms with E-state index >= 15 is 0 Å². The number of carbonyl (C=O) groups is 5. The second kappa shape index (κ2) is 14.7. The van der Waals surface area contributed by atoms with Crippen LogP contribution in [0.1, 0.15) is 12.0 Å². The van der Waals surface area contributed by atoms with Crippen LogP contribution in [0, 0.1) is 0 Å². The number of carboxylic acids is 1. The van der Waals surface area contributed by atoms with Gasteiger partial charge < -0.3 is 35.7 Å². The van der Waals surface area contributed by atoms with Crippen molar-refractivity contribution < 1.29 is 33.8 Å². The summed E-state index contributed by atoms with van der Waals surface area (Å²) in [4.78, 5) is 71.4. The van der Waals surface area contributed by atoms with E-state index < -0.39 is 49.0 Å². The summed E-state index contributed by atoms with van der Waals surface area (Å²) in [7, 11) is 0. The largest absolute Gasteiger partial charge is 0.480 e. The van der Waals surface area contributed by atoms with Gasteiger partial charge in [0.2, 0.25) is 11.9 Å². The van der Waals surface area contributed by atoms with E-state index in [4.69, 9.17) is 4.74 Å². The molecule has 1 fully saturated rings. The molecule has 1 unspecified atom stereocenters. The minimum absolute atomic E-state index is 0.0920. The van der Waals surface area contributed by atoms with Crippen LogP contribution < -0.4 is 16.0 Å². The standard InChI is InChI=1S/C32H33N7O7/c40-27(18-39-28(41)19-38(32(39)45)16-6-15-33-30-35-24-9-4-5-10-25(24)36-30)34-17-26(29(42)43)37-31(44)46-20-21-11-13-23(14-12-21)22-7-2-1-3-8-22/h1-5,7-14,26H,6,15-20H2,(H,34,40)(H,37,44)(H,42,43)(H2,33,35,36). The Balaban J connectivity index is 1.01. The maximum atomic E-state index is 12.7. The van der Waals surface area contributed by atoms with Crippen molar-refractivity contribution >= 4 is 46.9 Å². The normalized spacial score (nSPS) is 13.5. The van der Waals surface area contributed by atoms with Gasteiger partial charge >= 0.3 is 18.1 Å². The third-order valence-electron chi connectivity index (χ3n) is 7.24. The molecule has 1 saturated heterocycles. The minimum atomic E-state index is -1.50. The Morgan fingerprint density at radius 2 is 1.67 bits per heavy atom. The lowest BCUT2D eigenvalue weighted by molar-refractivity contribution is -0.139. The molecule has 5 rings (SSSR count). The van der Waals surface area contributed by atoms with Crippen LogP contribution in [0.5, 0.6) is 0 Å². The summed E-state index contributed by atoms with van der Waals surface area (Å²) in [6.45, 7) is -0.559. The van der Waals surface area contributed by atoms with E-state index in [-0.39, 0.29) is 19.7 Å². The highest BCUT2D eigenvalue weighted by Gasteiger charge is 2.36. The van der Waals surface area contributed by atoms with Crippen molar-refractivity contribution in [2.24, 2.45) is 0 Å². The van der Waals surface area contributed by atoms with Crippen molar-refractivity contribution in [3.8, 4) is 11.1 Å². The van der Waals surface area contributed by atoms with Gasteiger partial charge in [-0.1, -0.05) is 66.7 Å². The molecule has 1 aliphatic rings. The Kier molecular flexibility index (Phi) is 10.1. The van der Waals surface area contributed by atoms with Crippen molar-refractivity contribution in [3.63, 3.8) is 0 Å². The molecule has 14 nitrogen and oxygen atoms in total. The first kappa shape index (κ1) is 31.5. The molecule has 0 bridgehead atoms. The number of fused-ring (bicyclic) bond motifs is 1. The van der Waals surface area contributed by atoms with Gasteiger partial charge in [0.1, 0.15) is 25.7 Å². The van der Waals surface area contributed by atoms with E-state index in [1.165, 1.54) is 4.90 Å². The first-order chi connectivity index (χ1) is 22.3. The SMILES string of the molecule is O=C(CN1C(=O)CN(CCCNc2nc3ccccc3[nH]2)C1=O)NCC(NC(=O)OCc1ccc(-c2ccccc2)cc1)C(=O)O. The van der Waals surface area contributed by atoms with Crippen LogP contribution >= 0.6 is 0 Å². The number of ether oxygens (including phenoxy) is 1. The van der Waals surface area contributed by atoms with Gasteiger partial charge in [0.05, 0.1) is 11.0 Å². The molecule has 4 aromatic rings. The monoisotopic (exact) mass is 627 g/mol. The molecule has 3 aromatic carbocycles. The predicted octanol–water partition coefficient (Wildman–Crippen LogP) is 2.79. The average Bonchev–Trinajstić information content (AvgIpc) is 3.60. The molecule has 1 atom stereocenters. The first-order valence-electron chi connectivity index (χ1n) is 14.6. The van der Waals surface area contributed by atoms with E-state index in [1.807, 2.05) is 66.7 Å². The number of hydrogen-bond acceptors (Lipinski definition) is 8. The number of H-pyrrole nitrogens is 1. The zero-order chi connectivity index (χ0) is 32.5. The van der Waals surface area contributed by atoms with Gasteiger partial charge in [0, 0.05) is 19.6 Å². The molecule has 1 aromatic heterocycles. The van der Waals surface area contributed by atoms with Crippen LogP contribution in [0.2, 0.25) is 0 Å². The molecule has 238 valence electrons. The number of benzene rings is 3. The summed E-state index contributed by atoms with van der Waals surface area (Å²) < 4.78 is 5.15. The number of amides is 5. The number of aliphatic carboxylic acids is 1. The van der Waals surface area contributed by atoms with Crippen molar-refractivity contribution in [1.82, 2.24) is 30.4 Å². The van der Waals surface area contributed by atoms with Crippen LogP contribution in [0.15, 0.2) is 78.9 Å². The number of aromatic nitrogens is 2. The van der Waals surface area contributed by atoms with Gasteiger partial charge in [-0.3, -0.25) is 14.5 Å². The smallest absolute Gasteiger partial charge is 0.408 e. The number of carbonyl (C=O) groups excluding carboxylic acids is 4. The van der Waals surface area contributed by atoms with Crippen LogP contribution in [-0.2, 0) is 25.7 Å². The molecule has 0 radical (unpaired) electrons. The first-order valence-corrected chi connectivity index (χ1v) is 14.6. The number of carboxylic acid groups (broad SMARTS) is 1. The second-order valence-corrected chi connectivity index (χ2v) is 10.5. The summed E-state index contributed by atoms with van der Waals surface area (Å²) in [5.41, 5.74) is 4.45. The number of para-hydroxylation sites is 2. The summed E-state index contributed by atoms with van der Waals surface area (Å²) >= 11 is 0. The fourth-order valence-corrected chi connectivity index (χ4v) is 4.81. The number of urea groups is 1. The van der Waals surface area contributed by atoms with Crippen LogP contribution in [0.3, 0.4) is 0 Å². The van der Waals surface area contributed by atoms with Gasteiger partial charge in [-0.15, -0.1) is 0 Å². The van der Waals surface area contributed by atoms with Crippen LogP contribution in [0.4, 0.5) is 15.5 Å². The van der Waals surface area contributed by atoms with Crippen LogP contribution in [-0.4, -0.2) is 93.5 Å². The van der Waals surface area contributed by atoms with E-state index in [2.05, 4.69) is 25.9 Å². The Bertz CT molecular complexity index is 1680. The minimum Gasteiger partial charge on any atom is -0.480 e. The lowest BCUT2D eigenvalue weighted by atomic mass is 10.0. The summed E-state index contributed by atoms with van der Waals surface area (Å²) in [6, 6.07) is 22.6. The zero-order valence-corrected chi connectivity index (χ0v) is 24.8. The number of nitrogens with zero attached hydrogens (tertiary/aromatic N) is 3. The highest BCUT2D eigenvalue weighted by Crippen LogP contribution is 2.19. The number of anilines is 1. The molecule has 5 N–H and O–H groups in total. The van der Waals surface area contributed by atoms with Gasteiger partial charge in [-0.05, 0) is 35.2 Å². The highest BCUT2D eigenvalue weighted by molar-refractivity contribution is 6.04. The summed E-state index contributed by atoms with van der Waals surface area (Å²) in [6.07, 6.45) is -0.457. The Morgan fingerprint density at radius 1 is 0.957 bits per heavy atom. The quantitative estimate of drug-likeness (QED) is 0.104. The summed E-state index contributed by atoms with van der Waals surface area (Å²) in [5.74, 6) is -2.10. The molecule has 0 saturated carbocycles. The molecule has 5 amide bonds. The van der Waals surface area contributed by atoms with Crippen molar-refractivity contribution in [3.05, 3.63) is 84.4 Å². The topological polar surface area (TPSA) is 186 Å². The van der Waals surface area contributed by atoms with Gasteiger partial charge in [0.25, 0.3) is 5.91 Å². The third kappa shape index (κ3) is 8.16. The summed E-state index contributed by atoms with van der Waals surface area (Å²) in [5, 5.41) is 17.2. The molecule has 1 aliphatic heterocycles. The van der Waals surface area contributed by atoms with E-state index in [1.54, 1.807) is 12.1 Å².